The average Bonchev–Trinajstić information content (AvgIpc) is 2.64. The number of esters is 1. The van der Waals surface area contributed by atoms with E-state index in [1.165, 1.54) is 12.1 Å². The zero-order chi connectivity index (χ0) is 19.6. The van der Waals surface area contributed by atoms with Gasteiger partial charge in [-0.05, 0) is 37.5 Å². The Morgan fingerprint density at radius 1 is 1.26 bits per heavy atom. The maximum atomic E-state index is 12.6. The lowest BCUT2D eigenvalue weighted by Crippen LogP contribution is -2.55. The van der Waals surface area contributed by atoms with E-state index in [1.54, 1.807) is 17.9 Å². The molecule has 0 spiro atoms. The fraction of sp³-hybridized carbons (Fsp3) is 0.579. The van der Waals surface area contributed by atoms with Crippen LogP contribution in [0.25, 0.3) is 0 Å². The molecule has 8 heteroatoms. The quantitative estimate of drug-likeness (QED) is 0.721. The minimum atomic E-state index is -3.43. The number of aryl methyl sites for hydroxylation is 1. The molecule has 1 heterocycles. The van der Waals surface area contributed by atoms with Gasteiger partial charge in [-0.15, -0.1) is 0 Å². The first-order valence-electron chi connectivity index (χ1n) is 9.16. The fourth-order valence-corrected chi connectivity index (χ4v) is 4.39. The van der Waals surface area contributed by atoms with E-state index in [9.17, 15) is 18.0 Å². The van der Waals surface area contributed by atoms with E-state index in [1.807, 2.05) is 0 Å². The van der Waals surface area contributed by atoms with Gasteiger partial charge in [0.2, 0.25) is 0 Å². The Morgan fingerprint density at radius 3 is 2.74 bits per heavy atom. The molecule has 1 amide bonds. The van der Waals surface area contributed by atoms with E-state index >= 15 is 0 Å². The van der Waals surface area contributed by atoms with E-state index < -0.39 is 15.8 Å². The van der Waals surface area contributed by atoms with Gasteiger partial charge in [-0.1, -0.05) is 18.9 Å². The Hall–Kier alpha value is -1.93. The van der Waals surface area contributed by atoms with Crippen molar-refractivity contribution in [2.75, 3.05) is 26.0 Å². The van der Waals surface area contributed by atoms with Gasteiger partial charge in [0.15, 0.2) is 16.4 Å². The van der Waals surface area contributed by atoms with E-state index in [0.717, 1.165) is 31.9 Å². The summed E-state index contributed by atoms with van der Waals surface area (Å²) in [6.07, 6.45) is 5.17. The van der Waals surface area contributed by atoms with Crippen molar-refractivity contribution in [1.82, 2.24) is 4.90 Å². The monoisotopic (exact) mass is 395 g/mol. The van der Waals surface area contributed by atoms with E-state index in [4.69, 9.17) is 9.47 Å². The van der Waals surface area contributed by atoms with Crippen LogP contribution in [0.4, 0.5) is 0 Å². The van der Waals surface area contributed by atoms with Crippen molar-refractivity contribution in [3.63, 3.8) is 0 Å². The molecule has 2 fully saturated rings. The molecule has 0 aromatic heterocycles. The van der Waals surface area contributed by atoms with Crippen molar-refractivity contribution in [3.8, 4) is 0 Å². The number of fused-ring (bicyclic) bond motifs is 1. The number of carbonyl (C=O) groups excluding carboxylic acids is 2. The highest BCUT2D eigenvalue weighted by molar-refractivity contribution is 7.90. The van der Waals surface area contributed by atoms with Gasteiger partial charge in [0.25, 0.3) is 5.91 Å². The highest BCUT2D eigenvalue weighted by Crippen LogP contribution is 2.28. The zero-order valence-corrected chi connectivity index (χ0v) is 16.5. The molecule has 7 nitrogen and oxygen atoms in total. The van der Waals surface area contributed by atoms with Gasteiger partial charge in [-0.2, -0.15) is 0 Å². The van der Waals surface area contributed by atoms with Crippen LogP contribution >= 0.6 is 0 Å². The molecule has 0 bridgehead atoms. The van der Waals surface area contributed by atoms with Crippen molar-refractivity contribution in [2.24, 2.45) is 0 Å². The van der Waals surface area contributed by atoms with Gasteiger partial charge in [0, 0.05) is 12.8 Å². The van der Waals surface area contributed by atoms with Gasteiger partial charge in [-0.25, -0.2) is 13.2 Å². The Kier molecular flexibility index (Phi) is 5.86. The number of sulfone groups is 1. The molecule has 0 radical (unpaired) electrons. The van der Waals surface area contributed by atoms with Crippen LogP contribution in [0.3, 0.4) is 0 Å². The lowest BCUT2D eigenvalue weighted by Gasteiger charge is -2.43. The van der Waals surface area contributed by atoms with E-state index in [-0.39, 0.29) is 35.1 Å². The van der Waals surface area contributed by atoms with E-state index in [0.29, 0.717) is 18.7 Å². The summed E-state index contributed by atoms with van der Waals surface area (Å²) >= 11 is 0. The molecule has 0 N–H and O–H groups in total. The number of hydrogen-bond donors (Lipinski definition) is 0. The number of hydrogen-bond acceptors (Lipinski definition) is 6. The average molecular weight is 395 g/mol. The number of amides is 1. The van der Waals surface area contributed by atoms with E-state index in [2.05, 4.69) is 0 Å². The smallest absolute Gasteiger partial charge is 0.338 e. The van der Waals surface area contributed by atoms with Crippen LogP contribution in [0.15, 0.2) is 23.1 Å². The largest absolute Gasteiger partial charge is 0.452 e. The number of rotatable bonds is 4. The summed E-state index contributed by atoms with van der Waals surface area (Å²) < 4.78 is 34.4. The van der Waals surface area contributed by atoms with Crippen LogP contribution in [0.5, 0.6) is 0 Å². The third-order valence-corrected chi connectivity index (χ3v) is 6.35. The molecule has 1 aromatic rings. The summed E-state index contributed by atoms with van der Waals surface area (Å²) in [5.41, 5.74) is 0.752. The standard InChI is InChI=1S/C19H25NO6S/c1-13-7-8-14(27(2,23)24)11-15(13)19(22)26-12-18(21)20-9-10-25-17-6-4-3-5-16(17)20/h7-8,11,16-17H,3-6,9-10,12H2,1-2H3/t16-,17-/m0/s1. The minimum absolute atomic E-state index is 0.0459. The van der Waals surface area contributed by atoms with Crippen LogP contribution < -0.4 is 0 Å². The summed E-state index contributed by atoms with van der Waals surface area (Å²) in [4.78, 5) is 26.8. The number of benzene rings is 1. The summed E-state index contributed by atoms with van der Waals surface area (Å²) in [7, 11) is -3.43. The third kappa shape index (κ3) is 4.50. The molecular formula is C19H25NO6S. The normalized spacial score (nSPS) is 22.8. The molecule has 1 aliphatic heterocycles. The fourth-order valence-electron chi connectivity index (χ4n) is 3.75. The van der Waals surface area contributed by atoms with Crippen molar-refractivity contribution >= 4 is 21.7 Å². The molecule has 27 heavy (non-hydrogen) atoms. The second-order valence-corrected chi connectivity index (χ2v) is 9.19. The Bertz CT molecular complexity index is 833. The predicted octanol–water partition coefficient (Wildman–Crippen LogP) is 1.73. The van der Waals surface area contributed by atoms with Gasteiger partial charge in [0.1, 0.15) is 0 Å². The number of nitrogens with zero attached hydrogens (tertiary/aromatic N) is 1. The van der Waals surface area contributed by atoms with Gasteiger partial charge < -0.3 is 14.4 Å². The van der Waals surface area contributed by atoms with Gasteiger partial charge >= 0.3 is 5.97 Å². The zero-order valence-electron chi connectivity index (χ0n) is 15.6. The van der Waals surface area contributed by atoms with Crippen LogP contribution in [0.1, 0.15) is 41.6 Å². The first kappa shape index (κ1) is 19.8. The molecule has 148 valence electrons. The summed E-state index contributed by atoms with van der Waals surface area (Å²) in [5.74, 6) is -0.930. The SMILES string of the molecule is Cc1ccc(S(C)(=O)=O)cc1C(=O)OCC(=O)N1CCO[C@H]2CCCC[C@@H]21. The van der Waals surface area contributed by atoms with Gasteiger partial charge in [0.05, 0.1) is 29.2 Å². The molecule has 2 aliphatic rings. The summed E-state index contributed by atoms with van der Waals surface area (Å²) in [6, 6.07) is 4.35. The third-order valence-electron chi connectivity index (χ3n) is 5.24. The van der Waals surface area contributed by atoms with Crippen LogP contribution in [0, 0.1) is 6.92 Å². The van der Waals surface area contributed by atoms with Crippen molar-refractivity contribution in [1.29, 1.82) is 0 Å². The maximum Gasteiger partial charge on any atom is 0.338 e. The van der Waals surface area contributed by atoms with Crippen molar-refractivity contribution < 1.29 is 27.5 Å². The van der Waals surface area contributed by atoms with Gasteiger partial charge in [-0.3, -0.25) is 4.79 Å². The Morgan fingerprint density at radius 2 is 2.00 bits per heavy atom. The second-order valence-electron chi connectivity index (χ2n) is 7.17. The highest BCUT2D eigenvalue weighted by Gasteiger charge is 2.36. The lowest BCUT2D eigenvalue weighted by molar-refractivity contribution is -0.152. The molecular weight excluding hydrogens is 370 g/mol. The highest BCUT2D eigenvalue weighted by atomic mass is 32.2. The predicted molar refractivity (Wildman–Crippen MR) is 98.3 cm³/mol. The number of carbonyl (C=O) groups is 2. The van der Waals surface area contributed by atoms with Crippen LogP contribution in [0.2, 0.25) is 0 Å². The molecule has 0 unspecified atom stereocenters. The Balaban J connectivity index is 1.66. The summed E-state index contributed by atoms with van der Waals surface area (Å²) in [5, 5.41) is 0. The second kappa shape index (κ2) is 7.98. The summed E-state index contributed by atoms with van der Waals surface area (Å²) in [6.45, 7) is 2.33. The van der Waals surface area contributed by atoms with Crippen molar-refractivity contribution in [2.45, 2.75) is 49.6 Å². The number of ether oxygens (including phenoxy) is 2. The molecule has 1 saturated heterocycles. The first-order chi connectivity index (χ1) is 12.8. The lowest BCUT2D eigenvalue weighted by atomic mass is 9.90. The van der Waals surface area contributed by atoms with Crippen molar-refractivity contribution in [3.05, 3.63) is 29.3 Å². The molecule has 1 aromatic carbocycles. The molecule has 1 aliphatic carbocycles. The first-order valence-corrected chi connectivity index (χ1v) is 11.1. The number of morpholine rings is 1. The van der Waals surface area contributed by atoms with Crippen LogP contribution in [-0.2, 0) is 24.1 Å². The topological polar surface area (TPSA) is 90.0 Å². The molecule has 1 saturated carbocycles. The minimum Gasteiger partial charge on any atom is -0.452 e. The Labute approximate surface area is 159 Å². The molecule has 2 atom stereocenters. The maximum absolute atomic E-state index is 12.6. The molecule has 3 rings (SSSR count). The van der Waals surface area contributed by atoms with Crippen LogP contribution in [-0.4, -0.2) is 63.4 Å².